The van der Waals surface area contributed by atoms with Gasteiger partial charge in [-0.25, -0.2) is 18.2 Å². The van der Waals surface area contributed by atoms with E-state index in [1.807, 2.05) is 6.07 Å². The molecular formula is C14H10F3N3. The lowest BCUT2D eigenvalue weighted by Gasteiger charge is -1.99. The van der Waals surface area contributed by atoms with Crippen molar-refractivity contribution in [3.8, 4) is 11.4 Å². The molecule has 0 amide bonds. The molecule has 20 heavy (non-hydrogen) atoms. The molecule has 3 rings (SSSR count). The van der Waals surface area contributed by atoms with Crippen LogP contribution < -0.4 is 5.73 Å². The Morgan fingerprint density at radius 3 is 2.45 bits per heavy atom. The van der Waals surface area contributed by atoms with Gasteiger partial charge in [0, 0.05) is 12.1 Å². The molecule has 1 aromatic heterocycles. The van der Waals surface area contributed by atoms with Crippen LogP contribution in [0.1, 0.15) is 5.56 Å². The molecule has 1 heterocycles. The summed E-state index contributed by atoms with van der Waals surface area (Å²) in [6, 6.07) is 7.20. The van der Waals surface area contributed by atoms with Crippen LogP contribution in [0.4, 0.5) is 13.2 Å². The number of rotatable bonds is 2. The van der Waals surface area contributed by atoms with Gasteiger partial charge < -0.3 is 10.7 Å². The Morgan fingerprint density at radius 1 is 1.10 bits per heavy atom. The van der Waals surface area contributed by atoms with Crippen LogP contribution >= 0.6 is 0 Å². The average molecular weight is 277 g/mol. The van der Waals surface area contributed by atoms with E-state index >= 15 is 0 Å². The molecule has 0 aliphatic heterocycles. The van der Waals surface area contributed by atoms with E-state index in [-0.39, 0.29) is 11.4 Å². The molecule has 0 bridgehead atoms. The van der Waals surface area contributed by atoms with Crippen LogP contribution in [0.15, 0.2) is 30.3 Å². The van der Waals surface area contributed by atoms with Gasteiger partial charge in [0.25, 0.3) is 0 Å². The summed E-state index contributed by atoms with van der Waals surface area (Å²) in [5.74, 6) is -3.73. The Bertz CT molecular complexity index is 772. The second kappa shape index (κ2) is 4.64. The summed E-state index contributed by atoms with van der Waals surface area (Å²) in [4.78, 5) is 7.21. The van der Waals surface area contributed by atoms with Crippen LogP contribution in [0, 0.1) is 17.5 Å². The average Bonchev–Trinajstić information content (AvgIpc) is 2.88. The van der Waals surface area contributed by atoms with Gasteiger partial charge in [-0.1, -0.05) is 12.1 Å². The second-order valence-corrected chi connectivity index (χ2v) is 4.36. The maximum Gasteiger partial charge on any atom is 0.194 e. The first-order valence-corrected chi connectivity index (χ1v) is 5.92. The number of H-pyrrole nitrogens is 1. The van der Waals surface area contributed by atoms with Gasteiger partial charge in [0.1, 0.15) is 5.82 Å². The molecule has 0 unspecified atom stereocenters. The normalized spacial score (nSPS) is 11.2. The molecule has 6 heteroatoms. The molecule has 0 saturated heterocycles. The van der Waals surface area contributed by atoms with Crippen LogP contribution in [0.2, 0.25) is 0 Å². The molecule has 3 nitrogen and oxygen atoms in total. The first-order chi connectivity index (χ1) is 9.60. The Balaban J connectivity index is 2.20. The minimum atomic E-state index is -1.49. The SMILES string of the molecule is NCc1cccc2[nH]c(-c3cc(F)c(F)c(F)c3)nc12. The number of hydrogen-bond donors (Lipinski definition) is 2. The zero-order valence-electron chi connectivity index (χ0n) is 10.3. The van der Waals surface area contributed by atoms with E-state index in [4.69, 9.17) is 5.73 Å². The van der Waals surface area contributed by atoms with Crippen molar-refractivity contribution >= 4 is 11.0 Å². The number of hydrogen-bond acceptors (Lipinski definition) is 2. The van der Waals surface area contributed by atoms with Crippen LogP contribution in [-0.2, 0) is 6.54 Å². The topological polar surface area (TPSA) is 54.7 Å². The molecule has 0 aliphatic rings. The van der Waals surface area contributed by atoms with Gasteiger partial charge in [-0.3, -0.25) is 0 Å². The lowest BCUT2D eigenvalue weighted by Crippen LogP contribution is -1.96. The van der Waals surface area contributed by atoms with E-state index < -0.39 is 17.5 Å². The quantitative estimate of drug-likeness (QED) is 0.707. The van der Waals surface area contributed by atoms with Crippen molar-refractivity contribution < 1.29 is 13.2 Å². The molecule has 102 valence electrons. The highest BCUT2D eigenvalue weighted by atomic mass is 19.2. The number of aromatic amines is 1. The van der Waals surface area contributed by atoms with E-state index in [1.165, 1.54) is 0 Å². The minimum Gasteiger partial charge on any atom is -0.338 e. The van der Waals surface area contributed by atoms with E-state index in [9.17, 15) is 13.2 Å². The van der Waals surface area contributed by atoms with Crippen molar-refractivity contribution in [3.05, 3.63) is 53.3 Å². The second-order valence-electron chi connectivity index (χ2n) is 4.36. The maximum absolute atomic E-state index is 13.2. The lowest BCUT2D eigenvalue weighted by atomic mass is 10.2. The third-order valence-electron chi connectivity index (χ3n) is 3.07. The summed E-state index contributed by atoms with van der Waals surface area (Å²) in [5.41, 5.74) is 7.90. The number of nitrogens with two attached hydrogens (primary N) is 1. The number of halogens is 3. The number of benzene rings is 2. The van der Waals surface area contributed by atoms with Gasteiger partial charge in [-0.15, -0.1) is 0 Å². The predicted octanol–water partition coefficient (Wildman–Crippen LogP) is 3.11. The fraction of sp³-hybridized carbons (Fsp3) is 0.0714. The zero-order chi connectivity index (χ0) is 14.3. The van der Waals surface area contributed by atoms with Crippen LogP contribution in [-0.4, -0.2) is 9.97 Å². The van der Waals surface area contributed by atoms with E-state index in [0.717, 1.165) is 17.7 Å². The van der Waals surface area contributed by atoms with Crippen molar-refractivity contribution in [2.24, 2.45) is 5.73 Å². The van der Waals surface area contributed by atoms with Gasteiger partial charge in [-0.05, 0) is 23.8 Å². The first kappa shape index (κ1) is 12.7. The Hall–Kier alpha value is -2.34. The summed E-state index contributed by atoms with van der Waals surface area (Å²) in [7, 11) is 0. The van der Waals surface area contributed by atoms with Crippen molar-refractivity contribution in [3.63, 3.8) is 0 Å². The highest BCUT2D eigenvalue weighted by Gasteiger charge is 2.14. The fourth-order valence-corrected chi connectivity index (χ4v) is 2.09. The largest absolute Gasteiger partial charge is 0.338 e. The first-order valence-electron chi connectivity index (χ1n) is 5.92. The standard InChI is InChI=1S/C14H10F3N3/c15-9-4-8(5-10(16)12(9)17)14-19-11-3-1-2-7(6-18)13(11)20-14/h1-5H,6,18H2,(H,19,20). The van der Waals surface area contributed by atoms with Crippen LogP contribution in [0.5, 0.6) is 0 Å². The van der Waals surface area contributed by atoms with E-state index in [2.05, 4.69) is 9.97 Å². The smallest absolute Gasteiger partial charge is 0.194 e. The van der Waals surface area contributed by atoms with Crippen molar-refractivity contribution in [1.29, 1.82) is 0 Å². The number of nitrogens with zero attached hydrogens (tertiary/aromatic N) is 1. The summed E-state index contributed by atoms with van der Waals surface area (Å²) in [6.07, 6.45) is 0. The highest BCUT2D eigenvalue weighted by Crippen LogP contribution is 2.25. The van der Waals surface area contributed by atoms with Crippen LogP contribution in [0.25, 0.3) is 22.4 Å². The van der Waals surface area contributed by atoms with Crippen molar-refractivity contribution in [2.45, 2.75) is 6.54 Å². The summed E-state index contributed by atoms with van der Waals surface area (Å²) in [5, 5.41) is 0. The molecule has 0 spiro atoms. The fourth-order valence-electron chi connectivity index (χ4n) is 2.09. The molecule has 0 atom stereocenters. The molecule has 0 aliphatic carbocycles. The molecule has 2 aromatic carbocycles. The summed E-state index contributed by atoms with van der Waals surface area (Å²) in [6.45, 7) is 0.299. The predicted molar refractivity (Wildman–Crippen MR) is 69.3 cm³/mol. The van der Waals surface area contributed by atoms with E-state index in [0.29, 0.717) is 17.6 Å². The number of imidazole rings is 1. The number of para-hydroxylation sites is 1. The van der Waals surface area contributed by atoms with Gasteiger partial charge in [0.2, 0.25) is 0 Å². The molecular weight excluding hydrogens is 267 g/mol. The van der Waals surface area contributed by atoms with Gasteiger partial charge in [-0.2, -0.15) is 0 Å². The van der Waals surface area contributed by atoms with Crippen molar-refractivity contribution in [1.82, 2.24) is 9.97 Å². The third-order valence-corrected chi connectivity index (χ3v) is 3.07. The van der Waals surface area contributed by atoms with Gasteiger partial charge in [0.05, 0.1) is 11.0 Å². The number of fused-ring (bicyclic) bond motifs is 1. The molecule has 3 N–H and O–H groups in total. The van der Waals surface area contributed by atoms with E-state index in [1.54, 1.807) is 12.1 Å². The molecule has 0 saturated carbocycles. The third kappa shape index (κ3) is 1.94. The lowest BCUT2D eigenvalue weighted by molar-refractivity contribution is 0.447. The molecule has 0 fully saturated rings. The van der Waals surface area contributed by atoms with Gasteiger partial charge in [0.15, 0.2) is 17.5 Å². The summed E-state index contributed by atoms with van der Waals surface area (Å²) < 4.78 is 39.5. The van der Waals surface area contributed by atoms with Gasteiger partial charge >= 0.3 is 0 Å². The number of nitrogens with one attached hydrogen (secondary N) is 1. The number of aromatic nitrogens is 2. The monoisotopic (exact) mass is 277 g/mol. The molecule has 3 aromatic rings. The Morgan fingerprint density at radius 2 is 1.80 bits per heavy atom. The highest BCUT2D eigenvalue weighted by molar-refractivity contribution is 5.82. The minimum absolute atomic E-state index is 0.139. The maximum atomic E-state index is 13.2. The van der Waals surface area contributed by atoms with Crippen molar-refractivity contribution in [2.75, 3.05) is 0 Å². The summed E-state index contributed by atoms with van der Waals surface area (Å²) >= 11 is 0. The van der Waals surface area contributed by atoms with Crippen LogP contribution in [0.3, 0.4) is 0 Å². The Kier molecular flexibility index (Phi) is 2.94. The zero-order valence-corrected chi connectivity index (χ0v) is 10.3. The Labute approximate surface area is 112 Å². The molecule has 0 radical (unpaired) electrons.